The van der Waals surface area contributed by atoms with Gasteiger partial charge in [0.25, 0.3) is 5.91 Å². The molecular weight excluding hydrogens is 257 g/mol. The molecule has 0 aromatic heterocycles. The minimum Gasteiger partial charge on any atom is -0.336 e. The average Bonchev–Trinajstić information content (AvgIpc) is 2.77. The first-order chi connectivity index (χ1) is 8.95. The molecule has 2 rings (SSSR count). The highest BCUT2D eigenvalue weighted by molar-refractivity contribution is 5.95. The zero-order valence-corrected chi connectivity index (χ0v) is 10.5. The van der Waals surface area contributed by atoms with Gasteiger partial charge in [0.15, 0.2) is 17.5 Å². The highest BCUT2D eigenvalue weighted by atomic mass is 19.2. The molecule has 1 heterocycles. The number of nitrogens with two attached hydrogens (primary N) is 1. The van der Waals surface area contributed by atoms with Gasteiger partial charge in [0.1, 0.15) is 0 Å². The standard InChI is InChI=1S/C13H15F3N2O/c1-7-4-8(5-17)6-18(7)13(19)9-2-3-10(14)12(16)11(9)15/h2-3,7-8H,4-6,17H2,1H3. The van der Waals surface area contributed by atoms with Crippen LogP contribution in [-0.4, -0.2) is 29.9 Å². The van der Waals surface area contributed by atoms with Crippen molar-refractivity contribution in [2.75, 3.05) is 13.1 Å². The molecular formula is C13H15F3N2O. The van der Waals surface area contributed by atoms with E-state index < -0.39 is 28.9 Å². The molecule has 0 spiro atoms. The predicted molar refractivity (Wildman–Crippen MR) is 64.0 cm³/mol. The Kier molecular flexibility index (Phi) is 3.80. The Labute approximate surface area is 109 Å². The molecule has 2 unspecified atom stereocenters. The lowest BCUT2D eigenvalue weighted by atomic mass is 10.1. The molecule has 1 aliphatic rings. The Morgan fingerprint density at radius 3 is 2.63 bits per heavy atom. The lowest BCUT2D eigenvalue weighted by Crippen LogP contribution is -2.35. The molecule has 3 nitrogen and oxygen atoms in total. The van der Waals surface area contributed by atoms with Crippen molar-refractivity contribution in [1.82, 2.24) is 4.90 Å². The van der Waals surface area contributed by atoms with Crippen molar-refractivity contribution < 1.29 is 18.0 Å². The molecule has 1 fully saturated rings. The number of hydrogen-bond donors (Lipinski definition) is 1. The van der Waals surface area contributed by atoms with Crippen molar-refractivity contribution in [3.63, 3.8) is 0 Å². The van der Waals surface area contributed by atoms with Gasteiger partial charge in [-0.05, 0) is 37.9 Å². The van der Waals surface area contributed by atoms with Gasteiger partial charge in [-0.15, -0.1) is 0 Å². The maximum atomic E-state index is 13.6. The van der Waals surface area contributed by atoms with Crippen LogP contribution in [0.2, 0.25) is 0 Å². The Hall–Kier alpha value is -1.56. The summed E-state index contributed by atoms with van der Waals surface area (Å²) in [5.41, 5.74) is 5.11. The number of carbonyl (C=O) groups excluding carboxylic acids is 1. The molecule has 2 N–H and O–H groups in total. The van der Waals surface area contributed by atoms with Crippen LogP contribution < -0.4 is 5.73 Å². The second kappa shape index (κ2) is 5.21. The first kappa shape index (κ1) is 13.9. The first-order valence-electron chi connectivity index (χ1n) is 6.10. The lowest BCUT2D eigenvalue weighted by molar-refractivity contribution is 0.0737. The van der Waals surface area contributed by atoms with E-state index in [1.807, 2.05) is 6.92 Å². The van der Waals surface area contributed by atoms with Crippen molar-refractivity contribution in [3.05, 3.63) is 35.1 Å². The number of hydrogen-bond acceptors (Lipinski definition) is 2. The topological polar surface area (TPSA) is 46.3 Å². The molecule has 1 amide bonds. The summed E-state index contributed by atoms with van der Waals surface area (Å²) in [7, 11) is 0. The lowest BCUT2D eigenvalue weighted by Gasteiger charge is -2.21. The molecule has 6 heteroatoms. The third-order valence-corrected chi connectivity index (χ3v) is 3.52. The zero-order chi connectivity index (χ0) is 14.2. The van der Waals surface area contributed by atoms with Gasteiger partial charge < -0.3 is 10.6 Å². The fraction of sp³-hybridized carbons (Fsp3) is 0.462. The number of benzene rings is 1. The van der Waals surface area contributed by atoms with Gasteiger partial charge in [-0.1, -0.05) is 0 Å². The summed E-state index contributed by atoms with van der Waals surface area (Å²) in [6.07, 6.45) is 0.730. The van der Waals surface area contributed by atoms with Gasteiger partial charge in [0.2, 0.25) is 0 Å². The van der Waals surface area contributed by atoms with Gasteiger partial charge in [0.05, 0.1) is 5.56 Å². The van der Waals surface area contributed by atoms with Crippen LogP contribution in [0.1, 0.15) is 23.7 Å². The summed E-state index contributed by atoms with van der Waals surface area (Å²) in [6, 6.07) is 1.64. The number of halogens is 3. The Balaban J connectivity index is 2.28. The van der Waals surface area contributed by atoms with Gasteiger partial charge in [-0.3, -0.25) is 4.79 Å². The van der Waals surface area contributed by atoms with Gasteiger partial charge in [-0.25, -0.2) is 13.2 Å². The van der Waals surface area contributed by atoms with Gasteiger partial charge in [0, 0.05) is 12.6 Å². The van der Waals surface area contributed by atoms with Crippen LogP contribution >= 0.6 is 0 Å². The molecule has 2 atom stereocenters. The maximum Gasteiger partial charge on any atom is 0.257 e. The van der Waals surface area contributed by atoms with Crippen molar-refractivity contribution in [3.8, 4) is 0 Å². The molecule has 0 radical (unpaired) electrons. The minimum absolute atomic E-state index is 0.0893. The van der Waals surface area contributed by atoms with E-state index in [0.29, 0.717) is 13.1 Å². The summed E-state index contributed by atoms with van der Waals surface area (Å²) in [4.78, 5) is 13.6. The van der Waals surface area contributed by atoms with Gasteiger partial charge in [-0.2, -0.15) is 0 Å². The molecule has 19 heavy (non-hydrogen) atoms. The van der Waals surface area contributed by atoms with Crippen LogP contribution in [0, 0.1) is 23.4 Å². The summed E-state index contributed by atoms with van der Waals surface area (Å²) in [6.45, 7) is 2.68. The van der Waals surface area contributed by atoms with Crippen molar-refractivity contribution >= 4 is 5.91 Å². The number of nitrogens with zero attached hydrogens (tertiary/aromatic N) is 1. The summed E-state index contributed by atoms with van der Waals surface area (Å²) in [5.74, 6) is -4.82. The Bertz CT molecular complexity index is 507. The summed E-state index contributed by atoms with van der Waals surface area (Å²) < 4.78 is 39.6. The van der Waals surface area contributed by atoms with Crippen LogP contribution in [0.15, 0.2) is 12.1 Å². The van der Waals surface area contributed by atoms with Crippen molar-refractivity contribution in [2.45, 2.75) is 19.4 Å². The summed E-state index contributed by atoms with van der Waals surface area (Å²) in [5, 5.41) is 0. The molecule has 1 aliphatic heterocycles. The molecule has 1 aromatic carbocycles. The highest BCUT2D eigenvalue weighted by Gasteiger charge is 2.33. The van der Waals surface area contributed by atoms with Crippen molar-refractivity contribution in [2.24, 2.45) is 11.7 Å². The molecule has 104 valence electrons. The highest BCUT2D eigenvalue weighted by Crippen LogP contribution is 2.25. The Morgan fingerprint density at radius 1 is 1.37 bits per heavy atom. The van der Waals surface area contributed by atoms with E-state index in [-0.39, 0.29) is 12.0 Å². The minimum atomic E-state index is -1.62. The van der Waals surface area contributed by atoms with Crippen LogP contribution in [-0.2, 0) is 0 Å². The van der Waals surface area contributed by atoms with E-state index in [1.165, 1.54) is 4.90 Å². The molecule has 0 bridgehead atoms. The second-order valence-electron chi connectivity index (χ2n) is 4.87. The van der Waals surface area contributed by atoms with E-state index >= 15 is 0 Å². The fourth-order valence-corrected chi connectivity index (χ4v) is 2.44. The summed E-state index contributed by atoms with van der Waals surface area (Å²) >= 11 is 0. The number of amides is 1. The molecule has 1 saturated heterocycles. The predicted octanol–water partition coefficient (Wildman–Crippen LogP) is 1.91. The molecule has 0 aliphatic carbocycles. The van der Waals surface area contributed by atoms with E-state index in [1.54, 1.807) is 0 Å². The van der Waals surface area contributed by atoms with Gasteiger partial charge >= 0.3 is 0 Å². The zero-order valence-electron chi connectivity index (χ0n) is 10.5. The quantitative estimate of drug-likeness (QED) is 0.836. The van der Waals surface area contributed by atoms with Crippen LogP contribution in [0.3, 0.4) is 0 Å². The third kappa shape index (κ3) is 2.45. The van der Waals surface area contributed by atoms with E-state index in [2.05, 4.69) is 0 Å². The van der Waals surface area contributed by atoms with E-state index in [4.69, 9.17) is 5.73 Å². The largest absolute Gasteiger partial charge is 0.336 e. The maximum absolute atomic E-state index is 13.6. The average molecular weight is 272 g/mol. The second-order valence-corrected chi connectivity index (χ2v) is 4.87. The number of rotatable bonds is 2. The molecule has 0 saturated carbocycles. The third-order valence-electron chi connectivity index (χ3n) is 3.52. The SMILES string of the molecule is CC1CC(CN)CN1C(=O)c1ccc(F)c(F)c1F. The number of likely N-dealkylation sites (tertiary alicyclic amines) is 1. The van der Waals surface area contributed by atoms with Crippen molar-refractivity contribution in [1.29, 1.82) is 0 Å². The molecule has 1 aromatic rings. The Morgan fingerprint density at radius 2 is 2.05 bits per heavy atom. The van der Waals surface area contributed by atoms with E-state index in [0.717, 1.165) is 18.6 Å². The van der Waals surface area contributed by atoms with Crippen LogP contribution in [0.5, 0.6) is 0 Å². The van der Waals surface area contributed by atoms with E-state index in [9.17, 15) is 18.0 Å². The monoisotopic (exact) mass is 272 g/mol. The normalized spacial score (nSPS) is 22.9. The van der Waals surface area contributed by atoms with Crippen LogP contribution in [0.25, 0.3) is 0 Å². The number of carbonyl (C=O) groups is 1. The van der Waals surface area contributed by atoms with Crippen LogP contribution in [0.4, 0.5) is 13.2 Å². The first-order valence-corrected chi connectivity index (χ1v) is 6.10. The fourth-order valence-electron chi connectivity index (χ4n) is 2.44. The smallest absolute Gasteiger partial charge is 0.257 e.